The smallest absolute Gasteiger partial charge is 0.236 e. The zero-order chi connectivity index (χ0) is 12.5. The van der Waals surface area contributed by atoms with E-state index in [9.17, 15) is 4.79 Å². The van der Waals surface area contributed by atoms with Crippen molar-refractivity contribution in [2.24, 2.45) is 0 Å². The predicted octanol–water partition coefficient (Wildman–Crippen LogP) is -1.21. The molecule has 6 heteroatoms. The van der Waals surface area contributed by atoms with Crippen molar-refractivity contribution in [1.82, 2.24) is 9.80 Å². The fourth-order valence-electron chi connectivity index (χ4n) is 1.74. The molecule has 1 heterocycles. The number of hydrogen-bond donors (Lipinski definition) is 1. The van der Waals surface area contributed by atoms with Gasteiger partial charge in [0.2, 0.25) is 5.91 Å². The van der Waals surface area contributed by atoms with Crippen LogP contribution in [0.25, 0.3) is 0 Å². The maximum absolute atomic E-state index is 12.0. The molecule has 0 aromatic rings. The van der Waals surface area contributed by atoms with Crippen LogP contribution >= 0.6 is 0 Å². The minimum absolute atomic E-state index is 0.0557. The van der Waals surface area contributed by atoms with Gasteiger partial charge < -0.3 is 19.5 Å². The summed E-state index contributed by atoms with van der Waals surface area (Å²) in [4.78, 5) is 15.7. The van der Waals surface area contributed by atoms with Gasteiger partial charge in [-0.1, -0.05) is 0 Å². The lowest BCUT2D eigenvalue weighted by Gasteiger charge is -2.29. The summed E-state index contributed by atoms with van der Waals surface area (Å²) in [6.45, 7) is 4.67. The molecule has 1 aliphatic rings. The van der Waals surface area contributed by atoms with Crippen LogP contribution < -0.4 is 0 Å². The molecular weight excluding hydrogens is 224 g/mol. The maximum Gasteiger partial charge on any atom is 0.236 e. The number of amides is 1. The molecule has 17 heavy (non-hydrogen) atoms. The van der Waals surface area contributed by atoms with Crippen LogP contribution in [0.1, 0.15) is 0 Å². The summed E-state index contributed by atoms with van der Waals surface area (Å²) in [6, 6.07) is 0. The van der Waals surface area contributed by atoms with Gasteiger partial charge in [-0.3, -0.25) is 9.69 Å². The van der Waals surface area contributed by atoms with E-state index >= 15 is 0 Å². The van der Waals surface area contributed by atoms with Gasteiger partial charge >= 0.3 is 0 Å². The molecule has 0 saturated carbocycles. The van der Waals surface area contributed by atoms with Gasteiger partial charge in [-0.2, -0.15) is 0 Å². The number of aliphatic hydroxyl groups excluding tert-OH is 1. The van der Waals surface area contributed by atoms with Crippen molar-refractivity contribution in [3.8, 4) is 0 Å². The van der Waals surface area contributed by atoms with E-state index in [1.165, 1.54) is 0 Å². The predicted molar refractivity (Wildman–Crippen MR) is 62.8 cm³/mol. The molecule has 0 radical (unpaired) electrons. The minimum Gasteiger partial charge on any atom is -0.395 e. The zero-order valence-electron chi connectivity index (χ0n) is 10.4. The highest BCUT2D eigenvalue weighted by Crippen LogP contribution is 1.99. The lowest BCUT2D eigenvalue weighted by atomic mass is 10.3. The summed E-state index contributed by atoms with van der Waals surface area (Å²) in [5.74, 6) is 0.0952. The molecule has 0 spiro atoms. The van der Waals surface area contributed by atoms with Crippen LogP contribution in [0.15, 0.2) is 0 Å². The van der Waals surface area contributed by atoms with Crippen molar-refractivity contribution in [3.63, 3.8) is 0 Å². The Morgan fingerprint density at radius 3 is 2.71 bits per heavy atom. The topological polar surface area (TPSA) is 62.2 Å². The fraction of sp³-hybridized carbons (Fsp3) is 0.909. The third-order valence-corrected chi connectivity index (χ3v) is 2.75. The molecule has 1 rings (SSSR count). The van der Waals surface area contributed by atoms with Gasteiger partial charge in [-0.05, 0) is 0 Å². The van der Waals surface area contributed by atoms with Crippen molar-refractivity contribution in [3.05, 3.63) is 0 Å². The standard InChI is InChI=1S/C11H22N2O4/c1-16-7-3-12(2-6-14)10-11(15)13-4-8-17-9-5-13/h14H,2-10H2,1H3. The van der Waals surface area contributed by atoms with E-state index < -0.39 is 0 Å². The van der Waals surface area contributed by atoms with Crippen molar-refractivity contribution >= 4 is 5.91 Å². The molecule has 1 fully saturated rings. The van der Waals surface area contributed by atoms with Crippen molar-refractivity contribution in [2.75, 3.05) is 66.3 Å². The molecule has 1 saturated heterocycles. The third kappa shape index (κ3) is 5.45. The first-order valence-electron chi connectivity index (χ1n) is 5.95. The van der Waals surface area contributed by atoms with E-state index in [4.69, 9.17) is 14.6 Å². The number of aliphatic hydroxyl groups is 1. The first kappa shape index (κ1) is 14.4. The van der Waals surface area contributed by atoms with Crippen molar-refractivity contribution < 1.29 is 19.4 Å². The highest BCUT2D eigenvalue weighted by Gasteiger charge is 2.19. The summed E-state index contributed by atoms with van der Waals surface area (Å²) >= 11 is 0. The molecule has 1 N–H and O–H groups in total. The normalized spacial score (nSPS) is 16.5. The summed E-state index contributed by atoms with van der Waals surface area (Å²) in [5, 5.41) is 8.93. The molecule has 0 aliphatic carbocycles. The molecule has 0 bridgehead atoms. The van der Waals surface area contributed by atoms with Crippen LogP contribution in [0.5, 0.6) is 0 Å². The molecule has 0 aromatic carbocycles. The second-order valence-electron chi connectivity index (χ2n) is 3.99. The van der Waals surface area contributed by atoms with Gasteiger partial charge in [0, 0.05) is 33.3 Å². The van der Waals surface area contributed by atoms with E-state index in [0.29, 0.717) is 52.5 Å². The number of nitrogens with zero attached hydrogens (tertiary/aromatic N) is 2. The van der Waals surface area contributed by atoms with Gasteiger partial charge in [-0.15, -0.1) is 0 Å². The van der Waals surface area contributed by atoms with Crippen LogP contribution in [-0.2, 0) is 14.3 Å². The Hall–Kier alpha value is -0.690. The van der Waals surface area contributed by atoms with Gasteiger partial charge in [0.15, 0.2) is 0 Å². The Bertz CT molecular complexity index is 220. The van der Waals surface area contributed by atoms with Crippen molar-refractivity contribution in [2.45, 2.75) is 0 Å². The number of ether oxygens (including phenoxy) is 2. The zero-order valence-corrected chi connectivity index (χ0v) is 10.4. The number of methoxy groups -OCH3 is 1. The Labute approximate surface area is 102 Å². The SMILES string of the molecule is COCCN(CCO)CC(=O)N1CCOCC1. The Balaban J connectivity index is 2.33. The van der Waals surface area contributed by atoms with Crippen LogP contribution in [0, 0.1) is 0 Å². The number of hydrogen-bond acceptors (Lipinski definition) is 5. The molecule has 0 aromatic heterocycles. The maximum atomic E-state index is 12.0. The van der Waals surface area contributed by atoms with Crippen LogP contribution in [0.2, 0.25) is 0 Å². The molecule has 1 aliphatic heterocycles. The lowest BCUT2D eigenvalue weighted by Crippen LogP contribution is -2.46. The quantitative estimate of drug-likeness (QED) is 0.610. The molecule has 1 amide bonds. The Kier molecular flexibility index (Phi) is 7.11. The molecule has 100 valence electrons. The largest absolute Gasteiger partial charge is 0.395 e. The van der Waals surface area contributed by atoms with Gasteiger partial charge in [-0.25, -0.2) is 0 Å². The van der Waals surface area contributed by atoms with Crippen LogP contribution in [0.4, 0.5) is 0 Å². The monoisotopic (exact) mass is 246 g/mol. The fourth-order valence-corrected chi connectivity index (χ4v) is 1.74. The van der Waals surface area contributed by atoms with Gasteiger partial charge in [0.1, 0.15) is 0 Å². The minimum atomic E-state index is 0.0557. The first-order chi connectivity index (χ1) is 8.27. The van der Waals surface area contributed by atoms with E-state index in [1.54, 1.807) is 12.0 Å². The first-order valence-corrected chi connectivity index (χ1v) is 5.95. The average Bonchev–Trinajstić information content (AvgIpc) is 2.37. The lowest BCUT2D eigenvalue weighted by molar-refractivity contribution is -0.136. The highest BCUT2D eigenvalue weighted by atomic mass is 16.5. The van der Waals surface area contributed by atoms with Crippen LogP contribution in [0.3, 0.4) is 0 Å². The van der Waals surface area contributed by atoms with E-state index in [1.807, 2.05) is 4.90 Å². The second kappa shape index (κ2) is 8.41. The molecule has 0 unspecified atom stereocenters. The van der Waals surface area contributed by atoms with Gasteiger partial charge in [0.25, 0.3) is 0 Å². The number of carbonyl (C=O) groups excluding carboxylic acids is 1. The number of carbonyl (C=O) groups is 1. The van der Waals surface area contributed by atoms with E-state index in [2.05, 4.69) is 0 Å². The Morgan fingerprint density at radius 2 is 2.12 bits per heavy atom. The summed E-state index contributed by atoms with van der Waals surface area (Å²) in [6.07, 6.45) is 0. The van der Waals surface area contributed by atoms with Crippen LogP contribution in [-0.4, -0.2) is 87.1 Å². The average molecular weight is 246 g/mol. The second-order valence-corrected chi connectivity index (χ2v) is 3.99. The van der Waals surface area contributed by atoms with Gasteiger partial charge in [0.05, 0.1) is 33.0 Å². The summed E-state index contributed by atoms with van der Waals surface area (Å²) < 4.78 is 10.2. The molecular formula is C11H22N2O4. The number of morpholine rings is 1. The summed E-state index contributed by atoms with van der Waals surface area (Å²) in [7, 11) is 1.63. The summed E-state index contributed by atoms with van der Waals surface area (Å²) in [5.41, 5.74) is 0. The van der Waals surface area contributed by atoms with E-state index in [-0.39, 0.29) is 12.5 Å². The Morgan fingerprint density at radius 1 is 1.41 bits per heavy atom. The highest BCUT2D eigenvalue weighted by molar-refractivity contribution is 5.78. The number of rotatable bonds is 7. The van der Waals surface area contributed by atoms with Crippen molar-refractivity contribution in [1.29, 1.82) is 0 Å². The molecule has 0 atom stereocenters. The van der Waals surface area contributed by atoms with E-state index in [0.717, 1.165) is 0 Å². The molecule has 6 nitrogen and oxygen atoms in total. The third-order valence-electron chi connectivity index (χ3n) is 2.75.